The molecule has 0 fully saturated rings. The number of pyridine rings is 5. The van der Waals surface area contributed by atoms with E-state index in [0.717, 1.165) is 93.2 Å². The third-order valence-electron chi connectivity index (χ3n) is 22.7. The topological polar surface area (TPSA) is 347 Å². The molecule has 15 heterocycles. The number of rotatable bonds is 22. The zero-order valence-corrected chi connectivity index (χ0v) is 80.4. The molecule has 6 aromatic carbocycles. The molecule has 21 aromatic rings. The number of fused-ring (bicyclic) bond motifs is 5. The van der Waals surface area contributed by atoms with Gasteiger partial charge in [-0.2, -0.15) is 0 Å². The van der Waals surface area contributed by atoms with Gasteiger partial charge in [0, 0.05) is 179 Å². The number of aryl methyl sites for hydroxylation is 6. The zero-order chi connectivity index (χ0) is 100. The number of hydrogen-bond acceptors (Lipinski definition) is 30. The van der Waals surface area contributed by atoms with E-state index in [1.54, 1.807) is 185 Å². The predicted molar refractivity (Wildman–Crippen MR) is 549 cm³/mol. The van der Waals surface area contributed by atoms with Crippen LogP contribution in [0.3, 0.4) is 0 Å². The van der Waals surface area contributed by atoms with Crippen LogP contribution in [-0.4, -0.2) is 145 Å². The fourth-order valence-corrected chi connectivity index (χ4v) is 15.3. The minimum atomic E-state index is -0.386. The van der Waals surface area contributed by atoms with Crippen molar-refractivity contribution in [2.75, 3.05) is 45.1 Å². The Balaban J connectivity index is 0.000000124. The largest absolute Gasteiger partial charge is 0.338 e. The summed E-state index contributed by atoms with van der Waals surface area (Å²) in [5.74, 6) is 2.27. The Hall–Kier alpha value is -18.2. The molecule has 0 unspecified atom stereocenters. The summed E-state index contributed by atoms with van der Waals surface area (Å²) in [6.07, 6.45) is 36.0. The number of nitrogens with one attached hydrogen (secondary N) is 1. The second kappa shape index (κ2) is 44.7. The zero-order valence-electron chi connectivity index (χ0n) is 80.4. The molecular weight excluding hydrogens is 1820 g/mol. The number of anilines is 10. The number of benzene rings is 6. The van der Waals surface area contributed by atoms with Gasteiger partial charge in [-0.1, -0.05) is 123 Å². The SMILES string of the molecule is CCCCN(c1ccncc1)c1nc(-c2cc(C)ccc2F)nc2nccnc12.Cc1ccc(F)c(-c2nc(N(C)c3ccncc3)c3nccnc3n2)c1.Cc1ccc(F)c(-c2nc(N(CCC(C)(C)C)c3ccncc3)c3nccnc3n2)c1.Cc1ccc(F)c(-c2nc(N(Cc3ccccc3)c3ccncc3)c3nccnc3n2)c1.Cc1ccc(F)c(-c2nc(Nc3ccncc3C)c3nccnc3n2)c1. The molecule has 1 N–H and O–H groups in total. The molecule has 0 saturated heterocycles. The van der Waals surface area contributed by atoms with Crippen LogP contribution in [0.15, 0.2) is 300 Å². The highest BCUT2D eigenvalue weighted by Crippen LogP contribution is 2.40. The third kappa shape index (κ3) is 23.4. The molecule has 0 aliphatic heterocycles. The number of nitrogens with zero attached hydrogens (tertiary/aromatic N) is 29. The van der Waals surface area contributed by atoms with Gasteiger partial charge >= 0.3 is 0 Å². The fourth-order valence-electron chi connectivity index (χ4n) is 15.3. The first kappa shape index (κ1) is 97.5. The van der Waals surface area contributed by atoms with Gasteiger partial charge in [-0.05, 0) is 186 Å². The summed E-state index contributed by atoms with van der Waals surface area (Å²) in [6, 6.07) is 51.5. The van der Waals surface area contributed by atoms with Crippen molar-refractivity contribution < 1.29 is 22.0 Å². The molecule has 0 bridgehead atoms. The first-order valence-corrected chi connectivity index (χ1v) is 46.1. The summed E-state index contributed by atoms with van der Waals surface area (Å²) < 4.78 is 72.7. The van der Waals surface area contributed by atoms with Crippen molar-refractivity contribution in [1.82, 2.24) is 125 Å². The molecule has 0 aliphatic carbocycles. The van der Waals surface area contributed by atoms with Crippen molar-refractivity contribution in [2.45, 2.75) is 95.0 Å². The van der Waals surface area contributed by atoms with Gasteiger partial charge in [0.15, 0.2) is 114 Å². The number of halogens is 5. The van der Waals surface area contributed by atoms with Gasteiger partial charge in [0.25, 0.3) is 0 Å². The van der Waals surface area contributed by atoms with E-state index in [9.17, 15) is 22.0 Å². The second-order valence-electron chi connectivity index (χ2n) is 34.7. The Morgan fingerprint density at radius 2 is 0.604 bits per heavy atom. The Bertz CT molecular complexity index is 8100. The summed E-state index contributed by atoms with van der Waals surface area (Å²) in [5.41, 5.74) is 17.8. The van der Waals surface area contributed by atoms with E-state index >= 15 is 0 Å². The van der Waals surface area contributed by atoms with Crippen LogP contribution in [-0.2, 0) is 6.54 Å². The lowest BCUT2D eigenvalue weighted by Crippen LogP contribution is -2.24. The molecule has 0 radical (unpaired) electrons. The summed E-state index contributed by atoms with van der Waals surface area (Å²) in [5, 5.41) is 3.24. The maximum Gasteiger partial charge on any atom is 0.184 e. The first-order valence-electron chi connectivity index (χ1n) is 46.1. The lowest BCUT2D eigenvalue weighted by Gasteiger charge is -2.28. The second-order valence-corrected chi connectivity index (χ2v) is 34.7. The molecular formula is C109H95F5N30. The maximum atomic E-state index is 14.7. The summed E-state index contributed by atoms with van der Waals surface area (Å²) >= 11 is 0. The molecule has 144 heavy (non-hydrogen) atoms. The van der Waals surface area contributed by atoms with E-state index in [-0.39, 0.29) is 52.0 Å². The van der Waals surface area contributed by atoms with Crippen LogP contribution < -0.4 is 24.9 Å². The minimum Gasteiger partial charge on any atom is -0.338 e. The molecule has 35 heteroatoms. The standard InChI is InChI=1S/C25H19FN6.C24H25FN6.C22H21FN6.2C19H15FN6/c1-17-7-8-21(26)20(15-17)23-30-24-22(28-13-14-29-24)25(31-23)32(19-9-11-27-12-10-19)16-18-5-3-2-4-6-18;1-16-5-6-19(25)18(15-16)21-29-22-20(27-12-13-28-22)23(30-21)31(14-9-24(2,3)4)17-7-10-26-11-8-17;1-3-4-13-29(16-7-9-24-10-8-16)22-19-21(26-12-11-25-19)27-20(28-22)17-14-15(2)5-6-18(17)23;1-12-3-4-15(20)14(11-12)17-24-18-16(22-9-10-23-18)19(25-17)26(2)13-5-7-21-8-6-13;1-11-3-4-14(20)13(9-11)17-25-18-16(22-7-8-23-18)19(26-17)24-15-5-6-21-10-12(15)2/h2-15H,16H2,1H3;5-8,10-13,15H,9,14H2,1-4H3;5-12,14H,3-4,13H2,1-2H3;3-11H,1-2H3;3-10H,1-2H3,(H,21,23,24,25,26). The van der Waals surface area contributed by atoms with Crippen molar-refractivity contribution in [3.8, 4) is 56.9 Å². The van der Waals surface area contributed by atoms with Gasteiger partial charge in [-0.15, -0.1) is 0 Å². The van der Waals surface area contributed by atoms with E-state index in [1.165, 1.54) is 30.3 Å². The van der Waals surface area contributed by atoms with E-state index in [1.807, 2.05) is 143 Å². The first-order chi connectivity index (χ1) is 69.9. The molecule has 21 rings (SSSR count). The smallest absolute Gasteiger partial charge is 0.184 e. The average Bonchev–Trinajstić information content (AvgIpc) is 0.769. The number of unbranched alkanes of at least 4 members (excludes halogenated alkanes) is 1. The van der Waals surface area contributed by atoms with Gasteiger partial charge in [0.1, 0.15) is 29.1 Å². The molecule has 15 aromatic heterocycles. The predicted octanol–water partition coefficient (Wildman–Crippen LogP) is 23.3. The van der Waals surface area contributed by atoms with Crippen molar-refractivity contribution in [3.05, 3.63) is 368 Å². The monoisotopic (exact) mass is 1920 g/mol. The van der Waals surface area contributed by atoms with E-state index in [2.05, 4.69) is 152 Å². The molecule has 0 atom stereocenters. The van der Waals surface area contributed by atoms with Gasteiger partial charge in [0.05, 0.1) is 27.8 Å². The van der Waals surface area contributed by atoms with Gasteiger partial charge in [-0.3, -0.25) is 24.9 Å². The highest BCUT2D eigenvalue weighted by atomic mass is 19.1. The normalized spacial score (nSPS) is 11.1. The third-order valence-corrected chi connectivity index (χ3v) is 22.7. The Kier molecular flexibility index (Phi) is 30.3. The van der Waals surface area contributed by atoms with Gasteiger partial charge in [-0.25, -0.2) is 122 Å². The summed E-state index contributed by atoms with van der Waals surface area (Å²) in [4.78, 5) is 118. The summed E-state index contributed by atoms with van der Waals surface area (Å²) in [7, 11) is 1.86. The molecule has 0 spiro atoms. The van der Waals surface area contributed by atoms with Crippen LogP contribution in [0.1, 0.15) is 85.9 Å². The number of aromatic nitrogens is 25. The molecule has 0 aliphatic rings. The maximum absolute atomic E-state index is 14.7. The Morgan fingerprint density at radius 3 is 0.965 bits per heavy atom. The Labute approximate surface area is 825 Å². The molecule has 0 saturated carbocycles. The Morgan fingerprint density at radius 1 is 0.299 bits per heavy atom. The summed E-state index contributed by atoms with van der Waals surface area (Å²) in [6.45, 7) is 22.2. The van der Waals surface area contributed by atoms with E-state index < -0.39 is 0 Å². The van der Waals surface area contributed by atoms with Crippen molar-refractivity contribution in [1.29, 1.82) is 0 Å². The fraction of sp³-hybridized carbons (Fsp3) is 0.165. The van der Waals surface area contributed by atoms with Crippen LogP contribution in [0.2, 0.25) is 0 Å². The highest BCUT2D eigenvalue weighted by Gasteiger charge is 2.28. The van der Waals surface area contributed by atoms with Crippen LogP contribution in [0.5, 0.6) is 0 Å². The molecule has 30 nitrogen and oxygen atoms in total. The average molecular weight is 1920 g/mol. The van der Waals surface area contributed by atoms with Crippen molar-refractivity contribution in [3.63, 3.8) is 0 Å². The molecule has 0 amide bonds. The van der Waals surface area contributed by atoms with Crippen LogP contribution in [0, 0.1) is 76.0 Å². The van der Waals surface area contributed by atoms with Crippen molar-refractivity contribution >= 4 is 113 Å². The lowest BCUT2D eigenvalue weighted by molar-refractivity contribution is 0.383. The van der Waals surface area contributed by atoms with Gasteiger partial charge < -0.3 is 24.9 Å². The minimum absolute atomic E-state index is 0.116. The van der Waals surface area contributed by atoms with Crippen LogP contribution >= 0.6 is 0 Å². The lowest BCUT2D eigenvalue weighted by atomic mass is 9.92. The quantitative estimate of drug-likeness (QED) is 0.0616. The molecule has 716 valence electrons. The highest BCUT2D eigenvalue weighted by molar-refractivity contribution is 5.92. The van der Waals surface area contributed by atoms with E-state index in [0.29, 0.717) is 137 Å². The van der Waals surface area contributed by atoms with E-state index in [4.69, 9.17) is 15.0 Å². The number of hydrogen-bond donors (Lipinski definition) is 1. The van der Waals surface area contributed by atoms with Crippen molar-refractivity contribution in [2.24, 2.45) is 5.41 Å². The van der Waals surface area contributed by atoms with Crippen LogP contribution in [0.25, 0.3) is 113 Å². The van der Waals surface area contributed by atoms with Gasteiger partial charge in [0.2, 0.25) is 0 Å². The van der Waals surface area contributed by atoms with Crippen LogP contribution in [0.4, 0.5) is 79.5 Å².